The van der Waals surface area contributed by atoms with Gasteiger partial charge in [0, 0.05) is 28.9 Å². The van der Waals surface area contributed by atoms with Crippen LogP contribution in [0.3, 0.4) is 0 Å². The van der Waals surface area contributed by atoms with E-state index in [1.54, 1.807) is 7.11 Å². The summed E-state index contributed by atoms with van der Waals surface area (Å²) < 4.78 is 8.20. The lowest BCUT2D eigenvalue weighted by Gasteiger charge is -2.01. The van der Waals surface area contributed by atoms with Gasteiger partial charge in [-0.25, -0.2) is 4.52 Å². The summed E-state index contributed by atoms with van der Waals surface area (Å²) in [6.45, 7) is 0. The van der Waals surface area contributed by atoms with Crippen LogP contribution < -0.4 is 4.74 Å². The summed E-state index contributed by atoms with van der Waals surface area (Å²) in [6, 6.07) is 12.1. The van der Waals surface area contributed by atoms with Crippen LogP contribution >= 0.6 is 15.9 Å². The molecule has 0 aliphatic carbocycles. The second-order valence-electron chi connectivity index (χ2n) is 4.78. The third-order valence-corrected chi connectivity index (χ3v) is 4.38. The third kappa shape index (κ3) is 1.77. The monoisotopic (exact) mass is 341 g/mol. The number of nitrogens with one attached hydrogen (secondary N) is 1. The van der Waals surface area contributed by atoms with E-state index < -0.39 is 0 Å². The minimum Gasteiger partial charge on any atom is -0.494 e. The normalized spacial score (nSPS) is 11.3. The van der Waals surface area contributed by atoms with Crippen molar-refractivity contribution in [3.63, 3.8) is 0 Å². The number of fused-ring (bicyclic) bond motifs is 2. The number of methoxy groups -OCH3 is 1. The van der Waals surface area contributed by atoms with Crippen molar-refractivity contribution in [1.82, 2.24) is 14.6 Å². The molecule has 0 aliphatic rings. The molecule has 4 rings (SSSR count). The van der Waals surface area contributed by atoms with E-state index in [-0.39, 0.29) is 0 Å². The summed E-state index contributed by atoms with van der Waals surface area (Å²) in [7, 11) is 1.67. The fourth-order valence-electron chi connectivity index (χ4n) is 2.64. The number of hydrogen-bond acceptors (Lipinski definition) is 2. The molecule has 0 saturated carbocycles. The third-order valence-electron chi connectivity index (χ3n) is 3.63. The van der Waals surface area contributed by atoms with Crippen LogP contribution in [0.2, 0.25) is 0 Å². The molecule has 0 unspecified atom stereocenters. The molecule has 0 saturated heterocycles. The fraction of sp³-hybridized carbons (Fsp3) is 0.0625. The molecule has 0 bridgehead atoms. The zero-order valence-corrected chi connectivity index (χ0v) is 12.9. The summed E-state index contributed by atoms with van der Waals surface area (Å²) in [6.07, 6.45) is 3.91. The number of para-hydroxylation sites is 1. The number of hydrogen-bond donors (Lipinski definition) is 1. The number of aromatic amines is 1. The molecular formula is C16H12BrN3O. The van der Waals surface area contributed by atoms with E-state index in [1.807, 2.05) is 41.2 Å². The predicted molar refractivity (Wildman–Crippen MR) is 86.7 cm³/mol. The Bertz CT molecular complexity index is 955. The van der Waals surface area contributed by atoms with Crippen LogP contribution in [-0.4, -0.2) is 21.7 Å². The Morgan fingerprint density at radius 1 is 1.19 bits per heavy atom. The first kappa shape index (κ1) is 12.5. The summed E-state index contributed by atoms with van der Waals surface area (Å²) >= 11 is 3.67. The predicted octanol–water partition coefficient (Wildman–Crippen LogP) is 4.25. The molecule has 1 aromatic carbocycles. The number of nitrogens with zero attached hydrogens (tertiary/aromatic N) is 2. The van der Waals surface area contributed by atoms with Gasteiger partial charge in [0.2, 0.25) is 0 Å². The zero-order chi connectivity index (χ0) is 14.4. The second-order valence-corrected chi connectivity index (χ2v) is 5.57. The highest BCUT2D eigenvalue weighted by atomic mass is 79.9. The van der Waals surface area contributed by atoms with Crippen molar-refractivity contribution in [2.24, 2.45) is 0 Å². The van der Waals surface area contributed by atoms with Crippen LogP contribution in [0.5, 0.6) is 5.75 Å². The zero-order valence-electron chi connectivity index (χ0n) is 11.3. The molecule has 104 valence electrons. The number of aromatic nitrogens is 3. The lowest BCUT2D eigenvalue weighted by atomic mass is 10.1. The number of H-pyrrole nitrogens is 1. The lowest BCUT2D eigenvalue weighted by Crippen LogP contribution is -1.90. The second kappa shape index (κ2) is 4.63. The van der Waals surface area contributed by atoms with Crippen molar-refractivity contribution < 1.29 is 4.74 Å². The SMILES string of the molecule is COc1cccn2nc(-c3c[nH]c4ccccc34)c(Br)c12. The first-order valence-electron chi connectivity index (χ1n) is 6.57. The van der Waals surface area contributed by atoms with Gasteiger partial charge in [-0.3, -0.25) is 0 Å². The molecule has 0 radical (unpaired) electrons. The van der Waals surface area contributed by atoms with Gasteiger partial charge in [0.05, 0.1) is 11.6 Å². The van der Waals surface area contributed by atoms with E-state index in [4.69, 9.17) is 4.74 Å². The maximum atomic E-state index is 5.43. The Morgan fingerprint density at radius 2 is 2.05 bits per heavy atom. The molecule has 0 amide bonds. The molecule has 1 N–H and O–H groups in total. The van der Waals surface area contributed by atoms with Gasteiger partial charge in [-0.2, -0.15) is 5.10 Å². The summed E-state index contributed by atoms with van der Waals surface area (Å²) in [5, 5.41) is 5.84. The Labute approximate surface area is 129 Å². The van der Waals surface area contributed by atoms with Crippen LogP contribution in [0, 0.1) is 0 Å². The van der Waals surface area contributed by atoms with Crippen molar-refractivity contribution in [2.75, 3.05) is 7.11 Å². The van der Waals surface area contributed by atoms with Gasteiger partial charge in [0.25, 0.3) is 0 Å². The highest BCUT2D eigenvalue weighted by Gasteiger charge is 2.18. The Morgan fingerprint density at radius 3 is 2.90 bits per heavy atom. The van der Waals surface area contributed by atoms with Crippen LogP contribution in [0.25, 0.3) is 27.7 Å². The van der Waals surface area contributed by atoms with Gasteiger partial charge in [-0.1, -0.05) is 18.2 Å². The number of halogens is 1. The molecule has 21 heavy (non-hydrogen) atoms. The molecule has 0 aliphatic heterocycles. The van der Waals surface area contributed by atoms with Gasteiger partial charge < -0.3 is 9.72 Å². The molecule has 0 spiro atoms. The number of pyridine rings is 1. The van der Waals surface area contributed by atoms with E-state index in [0.29, 0.717) is 0 Å². The Kier molecular flexibility index (Phi) is 2.75. The highest BCUT2D eigenvalue weighted by molar-refractivity contribution is 9.10. The van der Waals surface area contributed by atoms with Crippen molar-refractivity contribution in [3.8, 4) is 17.0 Å². The van der Waals surface area contributed by atoms with E-state index in [2.05, 4.69) is 38.1 Å². The van der Waals surface area contributed by atoms with Crippen LogP contribution in [0.4, 0.5) is 0 Å². The van der Waals surface area contributed by atoms with E-state index in [9.17, 15) is 0 Å². The van der Waals surface area contributed by atoms with Gasteiger partial charge in [-0.05, 0) is 34.1 Å². The van der Waals surface area contributed by atoms with Gasteiger partial charge in [0.1, 0.15) is 17.0 Å². The topological polar surface area (TPSA) is 42.3 Å². The maximum absolute atomic E-state index is 5.43. The smallest absolute Gasteiger partial charge is 0.145 e. The van der Waals surface area contributed by atoms with Crippen molar-refractivity contribution >= 4 is 32.3 Å². The van der Waals surface area contributed by atoms with Crippen LogP contribution in [-0.2, 0) is 0 Å². The average molecular weight is 342 g/mol. The van der Waals surface area contributed by atoms with E-state index in [1.165, 1.54) is 0 Å². The number of rotatable bonds is 2. The van der Waals surface area contributed by atoms with Gasteiger partial charge >= 0.3 is 0 Å². The molecule has 0 fully saturated rings. The Balaban J connectivity index is 2.05. The molecule has 4 nitrogen and oxygen atoms in total. The first-order valence-corrected chi connectivity index (χ1v) is 7.36. The highest BCUT2D eigenvalue weighted by Crippen LogP contribution is 2.38. The quantitative estimate of drug-likeness (QED) is 0.592. The van der Waals surface area contributed by atoms with Gasteiger partial charge in [-0.15, -0.1) is 0 Å². The molecular weight excluding hydrogens is 330 g/mol. The maximum Gasteiger partial charge on any atom is 0.145 e. The minimum absolute atomic E-state index is 0.794. The molecule has 5 heteroatoms. The van der Waals surface area contributed by atoms with E-state index >= 15 is 0 Å². The average Bonchev–Trinajstić information content (AvgIpc) is 3.08. The van der Waals surface area contributed by atoms with Crippen molar-refractivity contribution in [2.45, 2.75) is 0 Å². The number of ether oxygens (including phenoxy) is 1. The summed E-state index contributed by atoms with van der Waals surface area (Å²) in [5.41, 5.74) is 4.00. The standard InChI is InChI=1S/C16H12BrN3O/c1-21-13-7-4-8-20-16(13)14(17)15(19-20)11-9-18-12-6-3-2-5-10(11)12/h2-9,18H,1H3. The van der Waals surface area contributed by atoms with Crippen molar-refractivity contribution in [1.29, 1.82) is 0 Å². The summed E-state index contributed by atoms with van der Waals surface area (Å²) in [4.78, 5) is 3.29. The first-order chi connectivity index (χ1) is 10.3. The molecule has 0 atom stereocenters. The van der Waals surface area contributed by atoms with Crippen LogP contribution in [0.15, 0.2) is 53.3 Å². The lowest BCUT2D eigenvalue weighted by molar-refractivity contribution is 0.417. The number of benzene rings is 1. The van der Waals surface area contributed by atoms with Gasteiger partial charge in [0.15, 0.2) is 0 Å². The Hall–Kier alpha value is -2.27. The molecule has 3 heterocycles. The van der Waals surface area contributed by atoms with Crippen molar-refractivity contribution in [3.05, 3.63) is 53.3 Å². The molecule has 4 aromatic rings. The van der Waals surface area contributed by atoms with Crippen LogP contribution in [0.1, 0.15) is 0 Å². The van der Waals surface area contributed by atoms with E-state index in [0.717, 1.165) is 37.9 Å². The minimum atomic E-state index is 0.794. The fourth-order valence-corrected chi connectivity index (χ4v) is 3.31. The largest absolute Gasteiger partial charge is 0.494 e. The molecule has 3 aromatic heterocycles. The summed E-state index contributed by atoms with van der Waals surface area (Å²) in [5.74, 6) is 0.794.